The number of Topliss-reactive ketones (excluding diaryl/α,β-unsaturated/α-hetero) is 1. The van der Waals surface area contributed by atoms with Gasteiger partial charge in [-0.3, -0.25) is 19.4 Å². The summed E-state index contributed by atoms with van der Waals surface area (Å²) in [6.07, 6.45) is 9.36. The van der Waals surface area contributed by atoms with Crippen molar-refractivity contribution in [3.05, 3.63) is 189 Å². The topological polar surface area (TPSA) is 149 Å². The van der Waals surface area contributed by atoms with Gasteiger partial charge in [0.2, 0.25) is 5.91 Å². The van der Waals surface area contributed by atoms with Crippen molar-refractivity contribution in [2.75, 3.05) is 59.8 Å². The van der Waals surface area contributed by atoms with Crippen molar-refractivity contribution in [2.45, 2.75) is 85.7 Å². The van der Waals surface area contributed by atoms with E-state index in [1.807, 2.05) is 25.1 Å². The number of benzene rings is 6. The zero-order chi connectivity index (χ0) is 58.4. The number of anilines is 1. The molecular formula is C66H80B2N5O7Si+. The summed E-state index contributed by atoms with van der Waals surface area (Å²) in [7, 11) is 4.33. The van der Waals surface area contributed by atoms with E-state index in [1.165, 1.54) is 27.1 Å². The van der Waals surface area contributed by atoms with Crippen LogP contribution in [0.15, 0.2) is 150 Å². The molecule has 1 amide bonds. The Morgan fingerprint density at radius 1 is 0.704 bits per heavy atom. The third-order valence-corrected chi connectivity index (χ3v) is 19.7. The zero-order valence-electron chi connectivity index (χ0n) is 49.1. The lowest BCUT2D eigenvalue weighted by molar-refractivity contribution is -0.462. The number of hydrogen-bond donors (Lipinski definition) is 5. The molecule has 6 aromatic rings. The third kappa shape index (κ3) is 13.5. The summed E-state index contributed by atoms with van der Waals surface area (Å²) in [6.45, 7) is 21.5. The molecular weight excluding hydrogens is 1020 g/mol. The number of ether oxygens (including phenoxy) is 1. The standard InChI is InChI=1S/C66H79B2N5O7Si/c1-43(2)62(74)20-15-16-32-72(39-47-34-45(5)21-29-60(47)67(76)77)42-59-53-19-14-13-18-52(53)58(41-73(33-17-31-69-66(75)44(3)4)40-48-35-51(80-10)25-30-61(48)68(78)79)54-26-22-46(36-57(54)59)65-55-27-23-49(70(6)7)37-63(55)81(11,12)64-38-50(71(8)9)24-28-56(64)65/h13-14,18-19,21-30,34-38,76-79H,1,3,15-17,20,31-33,39-42H2,2,4-12H3/p+1. The van der Waals surface area contributed by atoms with Gasteiger partial charge in [-0.2, -0.15) is 0 Å². The molecule has 0 aromatic heterocycles. The maximum absolute atomic E-state index is 12.9. The third-order valence-electron chi connectivity index (χ3n) is 16.1. The van der Waals surface area contributed by atoms with Crippen molar-refractivity contribution < 1.29 is 39.0 Å². The number of unbranched alkanes of at least 4 members (excludes halogenated alkanes) is 1. The van der Waals surface area contributed by atoms with Crippen LogP contribution in [0.3, 0.4) is 0 Å². The molecule has 1 aliphatic carbocycles. The van der Waals surface area contributed by atoms with Gasteiger partial charge in [-0.25, -0.2) is 4.58 Å². The van der Waals surface area contributed by atoms with Crippen LogP contribution in [0, 0.1) is 6.92 Å². The number of methoxy groups -OCH3 is 1. The molecule has 0 atom stereocenters. The lowest BCUT2D eigenvalue weighted by Crippen LogP contribution is -2.49. The van der Waals surface area contributed by atoms with Gasteiger partial charge < -0.3 is 35.0 Å². The van der Waals surface area contributed by atoms with Crippen LogP contribution in [0.25, 0.3) is 27.1 Å². The SMILES string of the molecule is C=C(C)C(=O)CCCCN(Cc1cc(C)ccc1B(O)O)Cc1c2ccccc2c(CN(CCCNC(=O)C(=C)C)Cc2cc(OC)ccc2B(O)O)c2ccc(C3=C4C=CC(=[N+](C)C)C=C4[Si](C)(C)c4cc(N(C)C)ccc43)cc12. The number of nitrogens with one attached hydrogen (secondary N) is 1. The van der Waals surface area contributed by atoms with Gasteiger partial charge in [0.15, 0.2) is 11.5 Å². The van der Waals surface area contributed by atoms with Crippen LogP contribution in [0.4, 0.5) is 5.69 Å². The van der Waals surface area contributed by atoms with Crippen molar-refractivity contribution in [3.8, 4) is 5.75 Å². The van der Waals surface area contributed by atoms with Crippen molar-refractivity contribution >= 4 is 88.6 Å². The lowest BCUT2D eigenvalue weighted by Gasteiger charge is -2.38. The molecule has 6 aromatic carbocycles. The smallest absolute Gasteiger partial charge is 0.488 e. The van der Waals surface area contributed by atoms with E-state index in [1.54, 1.807) is 39.2 Å². The maximum Gasteiger partial charge on any atom is 0.488 e. The van der Waals surface area contributed by atoms with Crippen LogP contribution in [0.5, 0.6) is 5.75 Å². The van der Waals surface area contributed by atoms with Gasteiger partial charge in [0.05, 0.1) is 7.11 Å². The maximum atomic E-state index is 12.9. The summed E-state index contributed by atoms with van der Waals surface area (Å²) < 4.78 is 7.85. The molecule has 0 saturated heterocycles. The van der Waals surface area contributed by atoms with Gasteiger partial charge in [-0.15, -0.1) is 0 Å². The van der Waals surface area contributed by atoms with E-state index < -0.39 is 22.3 Å². The van der Waals surface area contributed by atoms with Crippen LogP contribution in [-0.4, -0.2) is 129 Å². The number of nitrogens with zero attached hydrogens (tertiary/aromatic N) is 4. The molecule has 420 valence electrons. The Balaban J connectivity index is 1.38. The number of carbonyl (C=O) groups excluding carboxylic acids is 2. The molecule has 8 rings (SSSR count). The summed E-state index contributed by atoms with van der Waals surface area (Å²) in [5, 5.41) is 52.9. The molecule has 0 bridgehead atoms. The highest BCUT2D eigenvalue weighted by molar-refractivity contribution is 6.98. The first-order valence-corrected chi connectivity index (χ1v) is 31.1. The van der Waals surface area contributed by atoms with Crippen LogP contribution >= 0.6 is 0 Å². The number of amides is 1. The molecule has 5 N–H and O–H groups in total. The minimum Gasteiger partial charge on any atom is -0.497 e. The molecule has 0 unspecified atom stereocenters. The highest BCUT2D eigenvalue weighted by Crippen LogP contribution is 2.44. The average Bonchev–Trinajstić information content (AvgIpc) is 2.32. The molecule has 1 aliphatic heterocycles. The van der Waals surface area contributed by atoms with E-state index >= 15 is 0 Å². The average molecular weight is 1110 g/mol. The van der Waals surface area contributed by atoms with Crippen LogP contribution < -0.4 is 31.1 Å². The van der Waals surface area contributed by atoms with Gasteiger partial charge >= 0.3 is 14.2 Å². The van der Waals surface area contributed by atoms with E-state index in [4.69, 9.17) is 4.74 Å². The molecule has 0 saturated carbocycles. The molecule has 0 fully saturated rings. The molecule has 0 radical (unpaired) electrons. The Bertz CT molecular complexity index is 3560. The number of rotatable bonds is 24. The number of fused-ring (bicyclic) bond motifs is 4. The molecule has 81 heavy (non-hydrogen) atoms. The van der Waals surface area contributed by atoms with E-state index in [-0.39, 0.29) is 11.7 Å². The zero-order valence-corrected chi connectivity index (χ0v) is 50.1. The van der Waals surface area contributed by atoms with Gasteiger partial charge in [0, 0.05) is 83.2 Å². The van der Waals surface area contributed by atoms with Gasteiger partial charge in [-0.1, -0.05) is 98.5 Å². The Kier molecular flexibility index (Phi) is 19.2. The Hall–Kier alpha value is -6.94. The summed E-state index contributed by atoms with van der Waals surface area (Å²) in [6, 6.07) is 33.5. The Labute approximate surface area is 481 Å². The van der Waals surface area contributed by atoms with E-state index in [0.717, 1.165) is 67.2 Å². The summed E-state index contributed by atoms with van der Waals surface area (Å²) in [5.74, 6) is 0.448. The molecule has 2 aliphatic rings. The van der Waals surface area contributed by atoms with Gasteiger partial charge in [0.25, 0.3) is 0 Å². The second-order valence-electron chi connectivity index (χ2n) is 23.0. The number of ketones is 1. The number of aryl methyl sites for hydroxylation is 1. The van der Waals surface area contributed by atoms with E-state index in [0.29, 0.717) is 98.5 Å². The molecule has 15 heteroatoms. The second kappa shape index (κ2) is 25.9. The van der Waals surface area contributed by atoms with Crippen molar-refractivity contribution in [2.24, 2.45) is 0 Å². The summed E-state index contributed by atoms with van der Waals surface area (Å²) in [4.78, 5) is 32.4. The first-order chi connectivity index (χ1) is 38.6. The quantitative estimate of drug-likeness (QED) is 0.0135. The van der Waals surface area contributed by atoms with Crippen LogP contribution in [0.1, 0.15) is 78.5 Å². The van der Waals surface area contributed by atoms with E-state index in [9.17, 15) is 29.7 Å². The Morgan fingerprint density at radius 3 is 1.93 bits per heavy atom. The monoisotopic (exact) mass is 1100 g/mol. The minimum atomic E-state index is -2.29. The first kappa shape index (κ1) is 60.2. The summed E-state index contributed by atoms with van der Waals surface area (Å²) in [5.41, 5.74) is 13.6. The predicted molar refractivity (Wildman–Crippen MR) is 338 cm³/mol. The predicted octanol–water partition coefficient (Wildman–Crippen LogP) is 7.62. The van der Waals surface area contributed by atoms with Crippen molar-refractivity contribution in [1.82, 2.24) is 15.1 Å². The lowest BCUT2D eigenvalue weighted by atomic mass is 9.76. The fraction of sp³-hybridized carbons (Fsp3) is 0.318. The fourth-order valence-electron chi connectivity index (χ4n) is 11.6. The summed E-state index contributed by atoms with van der Waals surface area (Å²) >= 11 is 0. The minimum absolute atomic E-state index is 0.0529. The molecule has 12 nitrogen and oxygen atoms in total. The van der Waals surface area contributed by atoms with Gasteiger partial charge in [-0.05, 0) is 176 Å². The first-order valence-electron chi connectivity index (χ1n) is 28.1. The van der Waals surface area contributed by atoms with Gasteiger partial charge in [0.1, 0.15) is 27.9 Å². The number of carbonyl (C=O) groups is 2. The fourth-order valence-corrected chi connectivity index (χ4v) is 14.7. The highest BCUT2D eigenvalue weighted by atomic mass is 28.3. The largest absolute Gasteiger partial charge is 0.497 e. The van der Waals surface area contributed by atoms with Crippen LogP contribution in [-0.2, 0) is 35.8 Å². The van der Waals surface area contributed by atoms with Crippen molar-refractivity contribution in [1.29, 1.82) is 0 Å². The highest BCUT2D eigenvalue weighted by Gasteiger charge is 2.41. The molecule has 1 heterocycles. The number of allylic oxidation sites excluding steroid dienone is 6. The van der Waals surface area contributed by atoms with E-state index in [2.05, 4.69) is 158 Å². The van der Waals surface area contributed by atoms with Crippen molar-refractivity contribution in [3.63, 3.8) is 0 Å². The molecule has 0 spiro atoms. The Morgan fingerprint density at radius 2 is 1.32 bits per heavy atom. The second-order valence-corrected chi connectivity index (χ2v) is 27.3. The number of hydrogen-bond acceptors (Lipinski definition) is 10. The van der Waals surface area contributed by atoms with Crippen LogP contribution in [0.2, 0.25) is 13.1 Å². The normalized spacial score (nSPS) is 13.6.